The minimum atomic E-state index is -0.178. The second-order valence-corrected chi connectivity index (χ2v) is 3.11. The van der Waals surface area contributed by atoms with Gasteiger partial charge in [-0.15, -0.1) is 13.2 Å². The summed E-state index contributed by atoms with van der Waals surface area (Å²) in [5.74, 6) is -0.178. The number of hydrogen-bond donors (Lipinski definition) is 0. The van der Waals surface area contributed by atoms with Gasteiger partial charge in [0.15, 0.2) is 0 Å². The van der Waals surface area contributed by atoms with E-state index in [4.69, 9.17) is 4.84 Å². The van der Waals surface area contributed by atoms with E-state index >= 15 is 0 Å². The van der Waals surface area contributed by atoms with Crippen LogP contribution in [-0.4, -0.2) is 24.1 Å². The van der Waals surface area contributed by atoms with Crippen LogP contribution in [0.1, 0.15) is 10.4 Å². The monoisotopic (exact) mass is 217 g/mol. The summed E-state index contributed by atoms with van der Waals surface area (Å²) in [5, 5.41) is 1.27. The number of rotatable bonds is 6. The smallest absolute Gasteiger partial charge is 0.267 e. The molecule has 0 bridgehead atoms. The van der Waals surface area contributed by atoms with Crippen molar-refractivity contribution in [1.82, 2.24) is 5.06 Å². The van der Waals surface area contributed by atoms with Crippen LogP contribution in [-0.2, 0) is 4.84 Å². The third-order valence-corrected chi connectivity index (χ3v) is 1.89. The molecule has 3 nitrogen and oxygen atoms in total. The first-order chi connectivity index (χ1) is 7.79. The minimum Gasteiger partial charge on any atom is -0.267 e. The van der Waals surface area contributed by atoms with Gasteiger partial charge in [0.2, 0.25) is 0 Å². The number of benzene rings is 1. The van der Waals surface area contributed by atoms with Crippen LogP contribution in [0.15, 0.2) is 55.6 Å². The van der Waals surface area contributed by atoms with Crippen LogP contribution < -0.4 is 0 Å². The Morgan fingerprint density at radius 3 is 2.50 bits per heavy atom. The summed E-state index contributed by atoms with van der Waals surface area (Å²) in [6.07, 6.45) is 3.21. The SMILES string of the molecule is C=CCON(CC=C)C(=O)c1ccccc1. The zero-order valence-corrected chi connectivity index (χ0v) is 9.13. The van der Waals surface area contributed by atoms with Crippen LogP contribution >= 0.6 is 0 Å². The molecule has 0 N–H and O–H groups in total. The molecule has 0 unspecified atom stereocenters. The maximum Gasteiger partial charge on any atom is 0.277 e. The molecular weight excluding hydrogens is 202 g/mol. The summed E-state index contributed by atoms with van der Waals surface area (Å²) in [6, 6.07) is 8.98. The predicted molar refractivity (Wildman–Crippen MR) is 63.8 cm³/mol. The number of nitrogens with zero attached hydrogens (tertiary/aromatic N) is 1. The molecule has 0 fully saturated rings. The predicted octanol–water partition coefficient (Wildman–Crippen LogP) is 2.43. The molecule has 1 amide bonds. The maximum atomic E-state index is 12.0. The highest BCUT2D eigenvalue weighted by Crippen LogP contribution is 2.05. The topological polar surface area (TPSA) is 29.5 Å². The average Bonchev–Trinajstić information content (AvgIpc) is 2.35. The van der Waals surface area contributed by atoms with Crippen molar-refractivity contribution in [2.45, 2.75) is 0 Å². The van der Waals surface area contributed by atoms with Gasteiger partial charge in [-0.3, -0.25) is 9.63 Å². The lowest BCUT2D eigenvalue weighted by Gasteiger charge is -2.19. The quantitative estimate of drug-likeness (QED) is 0.541. The van der Waals surface area contributed by atoms with Crippen LogP contribution in [0.2, 0.25) is 0 Å². The largest absolute Gasteiger partial charge is 0.277 e. The Morgan fingerprint density at radius 1 is 1.25 bits per heavy atom. The fraction of sp³-hybridized carbons (Fsp3) is 0.154. The lowest BCUT2D eigenvalue weighted by atomic mass is 10.2. The van der Waals surface area contributed by atoms with Crippen LogP contribution in [0, 0.1) is 0 Å². The highest BCUT2D eigenvalue weighted by Gasteiger charge is 2.14. The van der Waals surface area contributed by atoms with Gasteiger partial charge < -0.3 is 0 Å². The second kappa shape index (κ2) is 6.58. The first kappa shape index (κ1) is 12.2. The van der Waals surface area contributed by atoms with Crippen LogP contribution in [0.3, 0.4) is 0 Å². The maximum absolute atomic E-state index is 12.0. The van der Waals surface area contributed by atoms with Gasteiger partial charge in [0.25, 0.3) is 5.91 Å². The Morgan fingerprint density at radius 2 is 1.94 bits per heavy atom. The van der Waals surface area contributed by atoms with Crippen LogP contribution in [0.4, 0.5) is 0 Å². The standard InChI is InChI=1S/C13H15NO2/c1-3-10-14(16-11-4-2)13(15)12-8-6-5-7-9-12/h3-9H,1-2,10-11H2. The van der Waals surface area contributed by atoms with E-state index in [1.165, 1.54) is 5.06 Å². The summed E-state index contributed by atoms with van der Waals surface area (Å²) in [5.41, 5.74) is 0.591. The van der Waals surface area contributed by atoms with Gasteiger partial charge in [0.05, 0.1) is 13.2 Å². The Kier molecular flexibility index (Phi) is 5.02. The summed E-state index contributed by atoms with van der Waals surface area (Å²) >= 11 is 0. The average molecular weight is 217 g/mol. The van der Waals surface area contributed by atoms with Crippen molar-refractivity contribution in [3.8, 4) is 0 Å². The van der Waals surface area contributed by atoms with E-state index in [9.17, 15) is 4.79 Å². The highest BCUT2D eigenvalue weighted by atomic mass is 16.7. The first-order valence-electron chi connectivity index (χ1n) is 5.01. The van der Waals surface area contributed by atoms with Gasteiger partial charge in [0, 0.05) is 5.56 Å². The molecule has 0 saturated carbocycles. The van der Waals surface area contributed by atoms with Gasteiger partial charge in [0.1, 0.15) is 0 Å². The van der Waals surface area contributed by atoms with Gasteiger partial charge in [-0.1, -0.05) is 30.4 Å². The molecule has 0 aliphatic carbocycles. The molecule has 0 spiro atoms. The Labute approximate surface area is 95.6 Å². The lowest BCUT2D eigenvalue weighted by molar-refractivity contribution is -0.104. The number of carbonyl (C=O) groups excluding carboxylic acids is 1. The van der Waals surface area contributed by atoms with Crippen LogP contribution in [0.5, 0.6) is 0 Å². The number of carbonyl (C=O) groups is 1. The molecule has 1 aromatic carbocycles. The molecule has 84 valence electrons. The molecule has 0 atom stereocenters. The summed E-state index contributed by atoms with van der Waals surface area (Å²) in [7, 11) is 0. The fourth-order valence-electron chi connectivity index (χ4n) is 1.18. The lowest BCUT2D eigenvalue weighted by Crippen LogP contribution is -2.31. The molecular formula is C13H15NO2. The van der Waals surface area contributed by atoms with E-state index in [0.717, 1.165) is 0 Å². The Hall–Kier alpha value is -1.87. The van der Waals surface area contributed by atoms with Crippen molar-refractivity contribution < 1.29 is 9.63 Å². The van der Waals surface area contributed by atoms with E-state index in [0.29, 0.717) is 18.7 Å². The Balaban J connectivity index is 2.74. The highest BCUT2D eigenvalue weighted by molar-refractivity contribution is 5.93. The number of amides is 1. The van der Waals surface area contributed by atoms with Crippen molar-refractivity contribution in [1.29, 1.82) is 0 Å². The zero-order valence-electron chi connectivity index (χ0n) is 9.13. The van der Waals surface area contributed by atoms with Crippen molar-refractivity contribution in [2.75, 3.05) is 13.2 Å². The normalized spacial score (nSPS) is 9.50. The van der Waals surface area contributed by atoms with Crippen molar-refractivity contribution in [3.05, 3.63) is 61.2 Å². The molecule has 0 heterocycles. The molecule has 1 aromatic rings. The molecule has 0 radical (unpaired) electrons. The Bertz CT molecular complexity index is 359. The third kappa shape index (κ3) is 3.37. The molecule has 0 saturated heterocycles. The molecule has 0 aliphatic rings. The van der Waals surface area contributed by atoms with E-state index in [1.807, 2.05) is 18.2 Å². The van der Waals surface area contributed by atoms with Crippen molar-refractivity contribution >= 4 is 5.91 Å². The zero-order chi connectivity index (χ0) is 11.8. The molecule has 16 heavy (non-hydrogen) atoms. The fourth-order valence-corrected chi connectivity index (χ4v) is 1.18. The molecule has 1 rings (SSSR count). The first-order valence-corrected chi connectivity index (χ1v) is 5.01. The van der Waals surface area contributed by atoms with Gasteiger partial charge in [-0.25, -0.2) is 5.06 Å². The minimum absolute atomic E-state index is 0.178. The van der Waals surface area contributed by atoms with Gasteiger partial charge >= 0.3 is 0 Å². The second-order valence-electron chi connectivity index (χ2n) is 3.11. The van der Waals surface area contributed by atoms with Gasteiger partial charge in [-0.2, -0.15) is 0 Å². The molecule has 0 aromatic heterocycles. The van der Waals surface area contributed by atoms with E-state index in [2.05, 4.69) is 13.2 Å². The number of hydroxylamine groups is 2. The van der Waals surface area contributed by atoms with Crippen molar-refractivity contribution in [3.63, 3.8) is 0 Å². The molecule has 3 heteroatoms. The summed E-state index contributed by atoms with van der Waals surface area (Å²) in [6.45, 7) is 7.77. The summed E-state index contributed by atoms with van der Waals surface area (Å²) < 4.78 is 0. The van der Waals surface area contributed by atoms with Crippen LogP contribution in [0.25, 0.3) is 0 Å². The van der Waals surface area contributed by atoms with Gasteiger partial charge in [-0.05, 0) is 12.1 Å². The van der Waals surface area contributed by atoms with E-state index < -0.39 is 0 Å². The summed E-state index contributed by atoms with van der Waals surface area (Å²) in [4.78, 5) is 17.2. The molecule has 0 aliphatic heterocycles. The van der Waals surface area contributed by atoms with E-state index in [1.54, 1.807) is 24.3 Å². The van der Waals surface area contributed by atoms with E-state index in [-0.39, 0.29) is 5.91 Å². The third-order valence-electron chi connectivity index (χ3n) is 1.89. The van der Waals surface area contributed by atoms with Crippen molar-refractivity contribution in [2.24, 2.45) is 0 Å². The number of hydrogen-bond acceptors (Lipinski definition) is 2.